The summed E-state index contributed by atoms with van der Waals surface area (Å²) in [4.78, 5) is 2.03. The van der Waals surface area contributed by atoms with Crippen LogP contribution in [0.5, 0.6) is 0 Å². The Morgan fingerprint density at radius 3 is 2.12 bits per heavy atom. The summed E-state index contributed by atoms with van der Waals surface area (Å²) < 4.78 is 0. The molecule has 0 spiro atoms. The molecule has 0 fully saturated rings. The molecule has 0 rings (SSSR count). The Morgan fingerprint density at radius 1 is 1.50 bits per heavy atom. The second-order valence-corrected chi connectivity index (χ2v) is 2.53. The highest BCUT2D eigenvalue weighted by atomic mass is 16.3. The molecule has 0 aromatic heterocycles. The third kappa shape index (κ3) is 4.09. The average molecular weight is 116 g/mol. The van der Waals surface area contributed by atoms with E-state index < -0.39 is 0 Å². The minimum atomic E-state index is 0.0399. The first-order chi connectivity index (χ1) is 3.66. The van der Waals surface area contributed by atoms with E-state index in [4.69, 9.17) is 0 Å². The zero-order valence-electron chi connectivity index (χ0n) is 5.85. The van der Waals surface area contributed by atoms with Gasteiger partial charge in [0.2, 0.25) is 0 Å². The first kappa shape index (κ1) is 7.92. The monoisotopic (exact) mass is 116 g/mol. The van der Waals surface area contributed by atoms with Gasteiger partial charge in [-0.25, -0.2) is 5.11 Å². The van der Waals surface area contributed by atoms with Crippen molar-refractivity contribution >= 4 is 0 Å². The van der Waals surface area contributed by atoms with Crippen molar-refractivity contribution in [2.45, 2.75) is 6.92 Å². The van der Waals surface area contributed by atoms with Gasteiger partial charge >= 0.3 is 0 Å². The molecule has 8 heavy (non-hydrogen) atoms. The van der Waals surface area contributed by atoms with Gasteiger partial charge in [-0.15, -0.1) is 0 Å². The Bertz CT molecular complexity index is 54.5. The normalized spacial score (nSPS) is 14.6. The lowest BCUT2D eigenvalue weighted by atomic mass is 10.2. The zero-order valence-corrected chi connectivity index (χ0v) is 5.85. The quantitative estimate of drug-likeness (QED) is 0.530. The molecule has 2 nitrogen and oxygen atoms in total. The minimum absolute atomic E-state index is 0.0399. The van der Waals surface area contributed by atoms with Crippen molar-refractivity contribution in [2.24, 2.45) is 5.92 Å². The molecule has 1 unspecified atom stereocenters. The van der Waals surface area contributed by atoms with Gasteiger partial charge in [0, 0.05) is 6.54 Å². The summed E-state index contributed by atoms with van der Waals surface area (Å²) in [6.45, 7) is 2.91. The molecule has 0 N–H and O–H groups in total. The summed E-state index contributed by atoms with van der Waals surface area (Å²) in [5.41, 5.74) is 0. The van der Waals surface area contributed by atoms with E-state index in [1.807, 2.05) is 25.9 Å². The summed E-state index contributed by atoms with van der Waals surface area (Å²) >= 11 is 0. The van der Waals surface area contributed by atoms with Crippen LogP contribution in [0.25, 0.3) is 0 Å². The molecule has 0 heterocycles. The van der Waals surface area contributed by atoms with E-state index >= 15 is 0 Å². The fraction of sp³-hybridized carbons (Fsp3) is 1.00. The third-order valence-corrected chi connectivity index (χ3v) is 0.961. The van der Waals surface area contributed by atoms with Crippen molar-refractivity contribution in [1.82, 2.24) is 4.90 Å². The first-order valence-electron chi connectivity index (χ1n) is 2.89. The van der Waals surface area contributed by atoms with Gasteiger partial charge in [0.25, 0.3) is 0 Å². The van der Waals surface area contributed by atoms with Gasteiger partial charge in [0.1, 0.15) is 0 Å². The fourth-order valence-corrected chi connectivity index (χ4v) is 0.676. The average Bonchev–Trinajstić information content (AvgIpc) is 1.65. The fourth-order valence-electron chi connectivity index (χ4n) is 0.676. The van der Waals surface area contributed by atoms with Crippen LogP contribution in [-0.2, 0) is 5.11 Å². The van der Waals surface area contributed by atoms with E-state index in [0.29, 0.717) is 5.92 Å². The van der Waals surface area contributed by atoms with Crippen molar-refractivity contribution in [3.63, 3.8) is 0 Å². The highest BCUT2D eigenvalue weighted by Gasteiger charge is 1.99. The largest absolute Gasteiger partial charge is 0.309 e. The predicted molar refractivity (Wildman–Crippen MR) is 33.3 cm³/mol. The van der Waals surface area contributed by atoms with Gasteiger partial charge in [-0.1, -0.05) is 6.92 Å². The van der Waals surface area contributed by atoms with Crippen LogP contribution >= 0.6 is 0 Å². The molecule has 2 heteroatoms. The molecule has 0 aromatic rings. The van der Waals surface area contributed by atoms with E-state index in [9.17, 15) is 5.11 Å². The van der Waals surface area contributed by atoms with Gasteiger partial charge in [-0.3, -0.25) is 0 Å². The molecule has 0 amide bonds. The molecule has 0 aliphatic heterocycles. The van der Waals surface area contributed by atoms with Crippen LogP contribution in [0.1, 0.15) is 6.92 Å². The lowest BCUT2D eigenvalue weighted by molar-refractivity contribution is 0.134. The summed E-state index contributed by atoms with van der Waals surface area (Å²) in [6.07, 6.45) is 0. The number of rotatable bonds is 3. The SMILES string of the molecule is CC(C[O])CN(C)C. The van der Waals surface area contributed by atoms with Crippen molar-refractivity contribution < 1.29 is 5.11 Å². The molecule has 0 aromatic carbocycles. The van der Waals surface area contributed by atoms with Gasteiger partial charge < -0.3 is 4.90 Å². The lowest BCUT2D eigenvalue weighted by Crippen LogP contribution is -2.21. The highest BCUT2D eigenvalue weighted by Crippen LogP contribution is 1.92. The van der Waals surface area contributed by atoms with Crippen molar-refractivity contribution in [3.05, 3.63) is 0 Å². The Balaban J connectivity index is 3.10. The molecule has 0 saturated heterocycles. The molecule has 0 aliphatic carbocycles. The second kappa shape index (κ2) is 3.87. The van der Waals surface area contributed by atoms with E-state index in [2.05, 4.69) is 0 Å². The number of hydrogen-bond acceptors (Lipinski definition) is 1. The third-order valence-electron chi connectivity index (χ3n) is 0.961. The molecule has 0 saturated carbocycles. The topological polar surface area (TPSA) is 23.1 Å². The van der Waals surface area contributed by atoms with Crippen LogP contribution in [0.3, 0.4) is 0 Å². The van der Waals surface area contributed by atoms with Crippen LogP contribution < -0.4 is 0 Å². The Labute approximate surface area is 51.1 Å². The molecular formula is C6H14NO. The molecule has 1 atom stereocenters. The van der Waals surface area contributed by atoms with Gasteiger partial charge in [-0.2, -0.15) is 0 Å². The summed E-state index contributed by atoms with van der Waals surface area (Å²) in [6, 6.07) is 0. The molecular weight excluding hydrogens is 102 g/mol. The van der Waals surface area contributed by atoms with Crippen LogP contribution in [0.4, 0.5) is 0 Å². The Hall–Kier alpha value is -0.0800. The maximum Gasteiger partial charge on any atom is 0.0860 e. The number of nitrogens with zero attached hydrogens (tertiary/aromatic N) is 1. The molecule has 1 radical (unpaired) electrons. The van der Waals surface area contributed by atoms with Crippen molar-refractivity contribution in [1.29, 1.82) is 0 Å². The van der Waals surface area contributed by atoms with Crippen molar-refractivity contribution in [2.75, 3.05) is 27.2 Å². The van der Waals surface area contributed by atoms with Crippen LogP contribution in [0.2, 0.25) is 0 Å². The lowest BCUT2D eigenvalue weighted by Gasteiger charge is -2.12. The smallest absolute Gasteiger partial charge is 0.0860 e. The summed E-state index contributed by atoms with van der Waals surface area (Å²) in [5, 5.41) is 10.1. The van der Waals surface area contributed by atoms with Crippen LogP contribution in [0, 0.1) is 5.92 Å². The standard InChI is InChI=1S/C6H14NO/c1-6(5-8)4-7(2)3/h6H,4-5H2,1-3H3. The minimum Gasteiger partial charge on any atom is -0.309 e. The number of hydrogen-bond donors (Lipinski definition) is 0. The van der Waals surface area contributed by atoms with Gasteiger partial charge in [0.15, 0.2) is 0 Å². The van der Waals surface area contributed by atoms with Crippen molar-refractivity contribution in [3.8, 4) is 0 Å². The van der Waals surface area contributed by atoms with E-state index in [0.717, 1.165) is 6.54 Å². The predicted octanol–water partition coefficient (Wildman–Crippen LogP) is 0.615. The summed E-state index contributed by atoms with van der Waals surface area (Å²) in [7, 11) is 3.96. The first-order valence-corrected chi connectivity index (χ1v) is 2.89. The van der Waals surface area contributed by atoms with E-state index in [1.54, 1.807) is 0 Å². The maximum absolute atomic E-state index is 10.1. The van der Waals surface area contributed by atoms with Crippen LogP contribution in [0.15, 0.2) is 0 Å². The summed E-state index contributed by atoms with van der Waals surface area (Å²) in [5.74, 6) is 0.296. The van der Waals surface area contributed by atoms with E-state index in [1.165, 1.54) is 0 Å². The molecule has 49 valence electrons. The molecule has 0 aliphatic rings. The second-order valence-electron chi connectivity index (χ2n) is 2.53. The Kier molecular flexibility index (Phi) is 3.83. The van der Waals surface area contributed by atoms with E-state index in [-0.39, 0.29) is 6.61 Å². The highest BCUT2D eigenvalue weighted by molar-refractivity contribution is 4.51. The Morgan fingerprint density at radius 2 is 2.00 bits per heavy atom. The maximum atomic E-state index is 10.1. The molecule has 0 bridgehead atoms. The van der Waals surface area contributed by atoms with Crippen LogP contribution in [-0.4, -0.2) is 32.1 Å². The van der Waals surface area contributed by atoms with Gasteiger partial charge in [0.05, 0.1) is 6.61 Å². The van der Waals surface area contributed by atoms with Gasteiger partial charge in [-0.05, 0) is 20.0 Å². The zero-order chi connectivity index (χ0) is 6.57.